The van der Waals surface area contributed by atoms with Crippen LogP contribution in [0.25, 0.3) is 0 Å². The van der Waals surface area contributed by atoms with Gasteiger partial charge in [-0.05, 0) is 51.1 Å². The molecule has 4 heterocycles. The monoisotopic (exact) mass is 421 g/mol. The number of benzene rings is 1. The van der Waals surface area contributed by atoms with Gasteiger partial charge < -0.3 is 20.3 Å². The highest BCUT2D eigenvalue weighted by Crippen LogP contribution is 2.42. The zero-order valence-corrected chi connectivity index (χ0v) is 18.0. The Hall–Kier alpha value is -3.13. The largest absolute Gasteiger partial charge is 0.490 e. The summed E-state index contributed by atoms with van der Waals surface area (Å²) in [5, 5.41) is 7.32. The van der Waals surface area contributed by atoms with E-state index in [9.17, 15) is 4.79 Å². The molecule has 0 saturated heterocycles. The number of nitrogens with one attached hydrogen (secondary N) is 2. The number of ether oxygens (including phenoxy) is 1. The third-order valence-electron chi connectivity index (χ3n) is 5.29. The summed E-state index contributed by atoms with van der Waals surface area (Å²) in [6, 6.07) is 9.95. The molecular formula is C22H23N5O2S. The van der Waals surface area contributed by atoms with Crippen LogP contribution in [-0.4, -0.2) is 34.6 Å². The van der Waals surface area contributed by atoms with Gasteiger partial charge >= 0.3 is 0 Å². The molecule has 2 aliphatic heterocycles. The Bertz CT molecular complexity index is 1140. The Kier molecular flexibility index (Phi) is 4.39. The SMILES string of the molecule is Cc1ncccc1Nc1ccc2c(c1)N(c1nc3c(s1)C(=O)NC(C)(C)C3)CCO2. The van der Waals surface area contributed by atoms with Gasteiger partial charge in [-0.2, -0.15) is 0 Å². The Balaban J connectivity index is 1.50. The number of pyridine rings is 1. The van der Waals surface area contributed by atoms with E-state index in [-0.39, 0.29) is 11.4 Å². The van der Waals surface area contributed by atoms with Crippen LogP contribution in [0, 0.1) is 6.92 Å². The second kappa shape index (κ2) is 6.98. The normalized spacial score (nSPS) is 16.9. The Labute approximate surface area is 179 Å². The van der Waals surface area contributed by atoms with Crippen molar-refractivity contribution < 1.29 is 9.53 Å². The first kappa shape index (κ1) is 18.9. The fourth-order valence-corrected chi connectivity index (χ4v) is 4.86. The molecular weight excluding hydrogens is 398 g/mol. The van der Waals surface area contributed by atoms with Crippen LogP contribution in [-0.2, 0) is 6.42 Å². The van der Waals surface area contributed by atoms with Gasteiger partial charge in [-0.25, -0.2) is 4.98 Å². The smallest absolute Gasteiger partial charge is 0.263 e. The molecule has 0 spiro atoms. The third kappa shape index (κ3) is 3.37. The number of carbonyl (C=O) groups excluding carboxylic acids is 1. The van der Waals surface area contributed by atoms with E-state index in [1.807, 2.05) is 45.0 Å². The number of carbonyl (C=O) groups is 1. The average Bonchev–Trinajstić information content (AvgIpc) is 3.12. The number of fused-ring (bicyclic) bond motifs is 2. The molecule has 30 heavy (non-hydrogen) atoms. The molecule has 2 aromatic heterocycles. The summed E-state index contributed by atoms with van der Waals surface area (Å²) in [5.74, 6) is 0.772. The van der Waals surface area contributed by atoms with Crippen molar-refractivity contribution in [1.82, 2.24) is 15.3 Å². The number of aryl methyl sites for hydroxylation is 1. The summed E-state index contributed by atoms with van der Waals surface area (Å²) >= 11 is 1.44. The molecule has 0 unspecified atom stereocenters. The van der Waals surface area contributed by atoms with Crippen molar-refractivity contribution in [1.29, 1.82) is 0 Å². The molecule has 8 heteroatoms. The maximum absolute atomic E-state index is 12.5. The number of aromatic nitrogens is 2. The average molecular weight is 422 g/mol. The number of rotatable bonds is 3. The Morgan fingerprint density at radius 1 is 1.30 bits per heavy atom. The van der Waals surface area contributed by atoms with Crippen LogP contribution in [0.5, 0.6) is 5.75 Å². The lowest BCUT2D eigenvalue weighted by Crippen LogP contribution is -2.48. The molecule has 0 radical (unpaired) electrons. The summed E-state index contributed by atoms with van der Waals surface area (Å²) in [7, 11) is 0. The Morgan fingerprint density at radius 2 is 2.17 bits per heavy atom. The second-order valence-corrected chi connectivity index (χ2v) is 9.21. The van der Waals surface area contributed by atoms with Crippen LogP contribution >= 0.6 is 11.3 Å². The van der Waals surface area contributed by atoms with Gasteiger partial charge in [0.05, 0.1) is 29.3 Å². The van der Waals surface area contributed by atoms with E-state index in [0.717, 1.165) is 45.8 Å². The molecule has 2 N–H and O–H groups in total. The number of thiazole rings is 1. The molecule has 0 fully saturated rings. The minimum absolute atomic E-state index is 0.0408. The first-order valence-electron chi connectivity index (χ1n) is 9.95. The molecule has 1 aromatic carbocycles. The van der Waals surface area contributed by atoms with Crippen molar-refractivity contribution in [2.24, 2.45) is 0 Å². The first-order chi connectivity index (χ1) is 14.4. The van der Waals surface area contributed by atoms with Crippen LogP contribution in [0.1, 0.15) is 34.9 Å². The van der Waals surface area contributed by atoms with E-state index in [4.69, 9.17) is 9.72 Å². The molecule has 0 aliphatic carbocycles. The first-order valence-corrected chi connectivity index (χ1v) is 10.8. The molecule has 3 aromatic rings. The molecule has 7 nitrogen and oxygen atoms in total. The lowest BCUT2D eigenvalue weighted by molar-refractivity contribution is 0.0901. The second-order valence-electron chi connectivity index (χ2n) is 8.23. The minimum atomic E-state index is -0.281. The quantitative estimate of drug-likeness (QED) is 0.660. The number of hydrogen-bond acceptors (Lipinski definition) is 7. The summed E-state index contributed by atoms with van der Waals surface area (Å²) in [5.41, 5.74) is 4.38. The van der Waals surface area contributed by atoms with Crippen LogP contribution in [0.3, 0.4) is 0 Å². The fourth-order valence-electron chi connectivity index (χ4n) is 3.84. The van der Waals surface area contributed by atoms with Crippen molar-refractivity contribution in [3.8, 4) is 5.75 Å². The molecule has 2 aliphatic rings. The van der Waals surface area contributed by atoms with Crippen molar-refractivity contribution >= 4 is 39.4 Å². The lowest BCUT2D eigenvalue weighted by Gasteiger charge is -2.30. The van der Waals surface area contributed by atoms with Gasteiger partial charge in [0.15, 0.2) is 5.13 Å². The van der Waals surface area contributed by atoms with Gasteiger partial charge in [-0.15, -0.1) is 0 Å². The summed E-state index contributed by atoms with van der Waals surface area (Å²) in [4.78, 5) is 24.6. The maximum Gasteiger partial charge on any atom is 0.263 e. The number of nitrogens with zero attached hydrogens (tertiary/aromatic N) is 3. The van der Waals surface area contributed by atoms with Gasteiger partial charge in [0.25, 0.3) is 5.91 Å². The molecule has 154 valence electrons. The predicted molar refractivity (Wildman–Crippen MR) is 119 cm³/mol. The van der Waals surface area contributed by atoms with Gasteiger partial charge in [-0.1, -0.05) is 11.3 Å². The van der Waals surface area contributed by atoms with E-state index < -0.39 is 0 Å². The van der Waals surface area contributed by atoms with E-state index in [2.05, 4.69) is 26.6 Å². The van der Waals surface area contributed by atoms with Crippen molar-refractivity contribution in [3.63, 3.8) is 0 Å². The van der Waals surface area contributed by atoms with Crippen LogP contribution in [0.2, 0.25) is 0 Å². The van der Waals surface area contributed by atoms with Crippen LogP contribution < -0.4 is 20.3 Å². The molecule has 5 rings (SSSR count). The van der Waals surface area contributed by atoms with Gasteiger partial charge in [-0.3, -0.25) is 9.78 Å². The molecule has 0 bridgehead atoms. The van der Waals surface area contributed by atoms with Crippen LogP contribution in [0.4, 0.5) is 22.2 Å². The zero-order valence-electron chi connectivity index (χ0n) is 17.2. The lowest BCUT2D eigenvalue weighted by atomic mass is 9.94. The van der Waals surface area contributed by atoms with Crippen molar-refractivity contribution in [3.05, 3.63) is 52.8 Å². The molecule has 0 atom stereocenters. The highest BCUT2D eigenvalue weighted by atomic mass is 32.1. The van der Waals surface area contributed by atoms with E-state index in [1.165, 1.54) is 11.3 Å². The van der Waals surface area contributed by atoms with E-state index in [1.54, 1.807) is 6.20 Å². The zero-order chi connectivity index (χ0) is 20.9. The highest BCUT2D eigenvalue weighted by Gasteiger charge is 2.34. The van der Waals surface area contributed by atoms with Gasteiger partial charge in [0.1, 0.15) is 17.2 Å². The van der Waals surface area contributed by atoms with E-state index in [0.29, 0.717) is 18.0 Å². The third-order valence-corrected chi connectivity index (χ3v) is 6.41. The van der Waals surface area contributed by atoms with Gasteiger partial charge in [0.2, 0.25) is 0 Å². The van der Waals surface area contributed by atoms with Gasteiger partial charge in [0, 0.05) is 23.8 Å². The number of hydrogen-bond donors (Lipinski definition) is 2. The minimum Gasteiger partial charge on any atom is -0.490 e. The summed E-state index contributed by atoms with van der Waals surface area (Å²) < 4.78 is 5.88. The van der Waals surface area contributed by atoms with E-state index >= 15 is 0 Å². The highest BCUT2D eigenvalue weighted by molar-refractivity contribution is 7.17. The van der Waals surface area contributed by atoms with Crippen molar-refractivity contribution in [2.75, 3.05) is 23.4 Å². The molecule has 1 amide bonds. The maximum atomic E-state index is 12.5. The topological polar surface area (TPSA) is 79.4 Å². The molecule has 0 saturated carbocycles. The standard InChI is InChI=1S/C22H23N5O2S/c1-13-15(5-4-8-23-13)24-14-6-7-18-17(11-14)27(9-10-29-18)21-25-16-12-22(2,3)26-20(28)19(16)30-21/h4-8,11,24H,9-10,12H2,1-3H3,(H,26,28). The number of amides is 1. The number of anilines is 4. The Morgan fingerprint density at radius 3 is 3.00 bits per heavy atom. The van der Waals surface area contributed by atoms with Crippen molar-refractivity contribution in [2.45, 2.75) is 32.7 Å². The summed E-state index contributed by atoms with van der Waals surface area (Å²) in [6.45, 7) is 7.27. The van der Waals surface area contributed by atoms with Crippen LogP contribution in [0.15, 0.2) is 36.5 Å². The predicted octanol–water partition coefficient (Wildman–Crippen LogP) is 4.19. The fraction of sp³-hybridized carbons (Fsp3) is 0.318. The summed E-state index contributed by atoms with van der Waals surface area (Å²) in [6.07, 6.45) is 2.51.